The number of hydrogen-bond acceptors (Lipinski definition) is 3. The Morgan fingerprint density at radius 3 is 2.48 bits per heavy atom. The van der Waals surface area contributed by atoms with Gasteiger partial charge in [0.2, 0.25) is 5.91 Å². The Morgan fingerprint density at radius 2 is 1.78 bits per heavy atom. The van der Waals surface area contributed by atoms with Gasteiger partial charge in [0, 0.05) is 18.0 Å². The van der Waals surface area contributed by atoms with Gasteiger partial charge in [0.05, 0.1) is 5.92 Å². The molecule has 27 heavy (non-hydrogen) atoms. The van der Waals surface area contributed by atoms with Gasteiger partial charge in [-0.15, -0.1) is 0 Å². The van der Waals surface area contributed by atoms with E-state index in [0.717, 1.165) is 29.3 Å². The molecule has 0 bridgehead atoms. The molecule has 0 heterocycles. The molecule has 4 rings (SSSR count). The second-order valence-corrected chi connectivity index (χ2v) is 7.00. The zero-order valence-corrected chi connectivity index (χ0v) is 15.1. The summed E-state index contributed by atoms with van der Waals surface area (Å²) in [4.78, 5) is 24.0. The van der Waals surface area contributed by atoms with E-state index in [-0.39, 0.29) is 23.7 Å². The van der Waals surface area contributed by atoms with E-state index in [9.17, 15) is 9.59 Å². The van der Waals surface area contributed by atoms with E-state index >= 15 is 0 Å². The number of nitrogens with one attached hydrogen (secondary N) is 1. The number of esters is 1. The quantitative estimate of drug-likeness (QED) is 0.533. The molecule has 1 aliphatic carbocycles. The van der Waals surface area contributed by atoms with Crippen molar-refractivity contribution in [3.8, 4) is 5.75 Å². The first-order valence-electron chi connectivity index (χ1n) is 9.19. The first-order chi connectivity index (χ1) is 13.1. The fraction of sp³-hybridized carbons (Fsp3) is 0.217. The Labute approximate surface area is 158 Å². The number of ether oxygens (including phenoxy) is 1. The third-order valence-electron chi connectivity index (χ3n) is 5.18. The molecule has 136 valence electrons. The van der Waals surface area contributed by atoms with Crippen LogP contribution in [-0.4, -0.2) is 11.9 Å². The van der Waals surface area contributed by atoms with Crippen LogP contribution in [0.4, 0.5) is 5.69 Å². The minimum atomic E-state index is -0.173. The van der Waals surface area contributed by atoms with E-state index in [2.05, 4.69) is 17.4 Å². The molecular formula is C23H21NO3. The minimum Gasteiger partial charge on any atom is -0.426 e. The van der Waals surface area contributed by atoms with Crippen LogP contribution in [-0.2, 0) is 9.59 Å². The summed E-state index contributed by atoms with van der Waals surface area (Å²) in [6.45, 7) is 1.48. The van der Waals surface area contributed by atoms with Crippen molar-refractivity contribution in [2.75, 3.05) is 5.32 Å². The number of amides is 1. The van der Waals surface area contributed by atoms with E-state index in [1.165, 1.54) is 12.5 Å². The van der Waals surface area contributed by atoms with Crippen LogP contribution in [0.25, 0.3) is 10.8 Å². The first kappa shape index (κ1) is 17.3. The van der Waals surface area contributed by atoms with E-state index in [0.29, 0.717) is 5.75 Å². The molecular weight excluding hydrogens is 338 g/mol. The number of anilines is 1. The van der Waals surface area contributed by atoms with Crippen LogP contribution in [0.3, 0.4) is 0 Å². The first-order valence-corrected chi connectivity index (χ1v) is 9.19. The number of fused-ring (bicyclic) bond motifs is 1. The van der Waals surface area contributed by atoms with Crippen LogP contribution >= 0.6 is 0 Å². The van der Waals surface area contributed by atoms with E-state index in [1.807, 2.05) is 54.6 Å². The second-order valence-electron chi connectivity index (χ2n) is 7.00. The summed E-state index contributed by atoms with van der Waals surface area (Å²) in [6.07, 6.45) is 1.87. The topological polar surface area (TPSA) is 55.4 Å². The molecule has 0 saturated heterocycles. The molecule has 1 fully saturated rings. The Balaban J connectivity index is 1.54. The lowest BCUT2D eigenvalue weighted by atomic mass is 9.70. The Morgan fingerprint density at radius 1 is 0.963 bits per heavy atom. The average Bonchev–Trinajstić information content (AvgIpc) is 2.61. The van der Waals surface area contributed by atoms with Gasteiger partial charge in [0.1, 0.15) is 5.75 Å². The molecule has 4 heteroatoms. The summed E-state index contributed by atoms with van der Waals surface area (Å²) in [6, 6.07) is 21.3. The number of carbonyl (C=O) groups excluding carboxylic acids is 2. The summed E-state index contributed by atoms with van der Waals surface area (Å²) in [5.74, 6) is 0.411. The van der Waals surface area contributed by atoms with Gasteiger partial charge in [-0.1, -0.05) is 42.5 Å². The summed E-state index contributed by atoms with van der Waals surface area (Å²) < 4.78 is 5.78. The lowest BCUT2D eigenvalue weighted by Crippen LogP contribution is -2.34. The largest absolute Gasteiger partial charge is 0.426 e. The SMILES string of the molecule is CC(=O)Nc1ccc2c(OC(=O)[C@@H]3CCC3c3ccccc3)cccc2c1. The van der Waals surface area contributed by atoms with Gasteiger partial charge in [0.25, 0.3) is 0 Å². The number of rotatable bonds is 4. The number of carbonyl (C=O) groups is 2. The molecule has 1 unspecified atom stereocenters. The molecule has 0 aromatic heterocycles. The molecule has 1 amide bonds. The van der Waals surface area contributed by atoms with Crippen molar-refractivity contribution in [2.45, 2.75) is 25.7 Å². The van der Waals surface area contributed by atoms with Gasteiger partial charge in [-0.25, -0.2) is 0 Å². The summed E-state index contributed by atoms with van der Waals surface area (Å²) >= 11 is 0. The molecule has 3 aromatic rings. The zero-order valence-electron chi connectivity index (χ0n) is 15.1. The molecule has 1 saturated carbocycles. The third kappa shape index (κ3) is 3.56. The maximum atomic E-state index is 12.8. The molecule has 1 aliphatic rings. The smallest absolute Gasteiger partial charge is 0.314 e. The number of benzene rings is 3. The Kier molecular flexibility index (Phi) is 4.63. The van der Waals surface area contributed by atoms with Crippen molar-refractivity contribution in [3.05, 3.63) is 72.3 Å². The van der Waals surface area contributed by atoms with Crippen LogP contribution < -0.4 is 10.1 Å². The van der Waals surface area contributed by atoms with E-state index in [1.54, 1.807) is 0 Å². The van der Waals surface area contributed by atoms with Crippen molar-refractivity contribution in [2.24, 2.45) is 5.92 Å². The fourth-order valence-corrected chi connectivity index (χ4v) is 3.69. The highest BCUT2D eigenvalue weighted by molar-refractivity contribution is 5.96. The monoisotopic (exact) mass is 359 g/mol. The van der Waals surface area contributed by atoms with Gasteiger partial charge in [0.15, 0.2) is 0 Å². The Bertz CT molecular complexity index is 997. The van der Waals surface area contributed by atoms with Crippen LogP contribution in [0, 0.1) is 5.92 Å². The second kappa shape index (κ2) is 7.23. The minimum absolute atomic E-state index is 0.0960. The summed E-state index contributed by atoms with van der Waals surface area (Å²) in [5, 5.41) is 4.54. The molecule has 1 N–H and O–H groups in total. The summed E-state index contributed by atoms with van der Waals surface area (Å²) in [7, 11) is 0. The van der Waals surface area contributed by atoms with Crippen molar-refractivity contribution >= 4 is 28.3 Å². The molecule has 4 nitrogen and oxygen atoms in total. The highest BCUT2D eigenvalue weighted by atomic mass is 16.5. The van der Waals surface area contributed by atoms with Crippen LogP contribution in [0.2, 0.25) is 0 Å². The molecule has 0 spiro atoms. The lowest BCUT2D eigenvalue weighted by Gasteiger charge is -2.35. The van der Waals surface area contributed by atoms with Gasteiger partial charge < -0.3 is 10.1 Å². The fourth-order valence-electron chi connectivity index (χ4n) is 3.69. The zero-order chi connectivity index (χ0) is 18.8. The maximum Gasteiger partial charge on any atom is 0.314 e. The van der Waals surface area contributed by atoms with Crippen LogP contribution in [0.15, 0.2) is 66.7 Å². The van der Waals surface area contributed by atoms with Gasteiger partial charge in [-0.3, -0.25) is 9.59 Å². The van der Waals surface area contributed by atoms with Gasteiger partial charge in [-0.05, 0) is 54.0 Å². The average molecular weight is 359 g/mol. The molecule has 3 aromatic carbocycles. The van der Waals surface area contributed by atoms with Crippen molar-refractivity contribution < 1.29 is 14.3 Å². The number of hydrogen-bond donors (Lipinski definition) is 1. The predicted molar refractivity (Wildman–Crippen MR) is 106 cm³/mol. The third-order valence-corrected chi connectivity index (χ3v) is 5.18. The van der Waals surface area contributed by atoms with Crippen LogP contribution in [0.5, 0.6) is 5.75 Å². The standard InChI is InChI=1S/C23H21NO3/c1-15(25)24-18-10-11-20-17(14-18)8-5-9-22(20)27-23(26)21-13-12-19(21)16-6-3-2-4-7-16/h2-11,14,19,21H,12-13H2,1H3,(H,24,25)/t19?,21-/m1/s1. The predicted octanol–water partition coefficient (Wildman–Crippen LogP) is 4.90. The Hall–Kier alpha value is -3.14. The van der Waals surface area contributed by atoms with Crippen molar-refractivity contribution in [3.63, 3.8) is 0 Å². The van der Waals surface area contributed by atoms with Crippen molar-refractivity contribution in [1.82, 2.24) is 0 Å². The maximum absolute atomic E-state index is 12.8. The van der Waals surface area contributed by atoms with E-state index < -0.39 is 0 Å². The normalized spacial score (nSPS) is 18.6. The van der Waals surface area contributed by atoms with E-state index in [4.69, 9.17) is 4.74 Å². The van der Waals surface area contributed by atoms with Gasteiger partial charge in [-0.2, -0.15) is 0 Å². The molecule has 0 radical (unpaired) electrons. The lowest BCUT2D eigenvalue weighted by molar-refractivity contribution is -0.142. The summed E-state index contributed by atoms with van der Waals surface area (Å²) in [5.41, 5.74) is 1.92. The molecule has 2 atom stereocenters. The highest BCUT2D eigenvalue weighted by Crippen LogP contribution is 2.43. The van der Waals surface area contributed by atoms with Gasteiger partial charge >= 0.3 is 5.97 Å². The molecule has 0 aliphatic heterocycles. The van der Waals surface area contributed by atoms with Crippen LogP contribution in [0.1, 0.15) is 31.2 Å². The van der Waals surface area contributed by atoms with Crippen molar-refractivity contribution in [1.29, 1.82) is 0 Å². The highest BCUT2D eigenvalue weighted by Gasteiger charge is 2.38.